The van der Waals surface area contributed by atoms with Gasteiger partial charge in [0, 0.05) is 25.9 Å². The SMILES string of the molecule is Cc1cc(N2CCC3(CC2)OCCO3)nn2cnnc12. The molecule has 7 nitrogen and oxygen atoms in total. The molecular formula is C13H17N5O2. The highest BCUT2D eigenvalue weighted by Crippen LogP contribution is 2.32. The molecule has 0 atom stereocenters. The number of ether oxygens (including phenoxy) is 2. The van der Waals surface area contributed by atoms with Crippen molar-refractivity contribution in [1.29, 1.82) is 0 Å². The summed E-state index contributed by atoms with van der Waals surface area (Å²) in [6.45, 7) is 5.23. The van der Waals surface area contributed by atoms with Crippen LogP contribution in [-0.2, 0) is 9.47 Å². The molecule has 2 aromatic rings. The predicted octanol–water partition coefficient (Wildman–Crippen LogP) is 0.776. The minimum atomic E-state index is -0.341. The number of aromatic nitrogens is 4. The Bertz CT molecular complexity index is 625. The Morgan fingerprint density at radius 3 is 2.70 bits per heavy atom. The summed E-state index contributed by atoms with van der Waals surface area (Å²) in [5.41, 5.74) is 1.89. The summed E-state index contributed by atoms with van der Waals surface area (Å²) in [6.07, 6.45) is 3.41. The molecule has 0 N–H and O–H groups in total. The second-order valence-corrected chi connectivity index (χ2v) is 5.38. The molecular weight excluding hydrogens is 258 g/mol. The summed E-state index contributed by atoms with van der Waals surface area (Å²) in [4.78, 5) is 2.27. The van der Waals surface area contributed by atoms with Gasteiger partial charge >= 0.3 is 0 Å². The Morgan fingerprint density at radius 2 is 1.95 bits per heavy atom. The van der Waals surface area contributed by atoms with E-state index in [1.165, 1.54) is 0 Å². The topological polar surface area (TPSA) is 64.8 Å². The highest BCUT2D eigenvalue weighted by Gasteiger charge is 2.40. The lowest BCUT2D eigenvalue weighted by Crippen LogP contribution is -2.45. The van der Waals surface area contributed by atoms with Crippen LogP contribution >= 0.6 is 0 Å². The molecule has 4 rings (SSSR count). The molecule has 0 aliphatic carbocycles. The van der Waals surface area contributed by atoms with Gasteiger partial charge in [0.2, 0.25) is 0 Å². The van der Waals surface area contributed by atoms with Gasteiger partial charge in [0.1, 0.15) is 12.1 Å². The Labute approximate surface area is 116 Å². The summed E-state index contributed by atoms with van der Waals surface area (Å²) < 4.78 is 13.2. The van der Waals surface area contributed by atoms with E-state index >= 15 is 0 Å². The van der Waals surface area contributed by atoms with Crippen molar-refractivity contribution in [2.45, 2.75) is 25.6 Å². The van der Waals surface area contributed by atoms with Crippen LogP contribution in [0.25, 0.3) is 5.65 Å². The van der Waals surface area contributed by atoms with E-state index in [2.05, 4.69) is 26.3 Å². The fourth-order valence-electron chi connectivity index (χ4n) is 2.98. The normalized spacial score (nSPS) is 21.9. The molecule has 0 unspecified atom stereocenters. The Hall–Kier alpha value is -1.73. The molecule has 2 aromatic heterocycles. The molecule has 0 bridgehead atoms. The summed E-state index contributed by atoms with van der Waals surface area (Å²) in [6, 6.07) is 2.07. The molecule has 2 saturated heterocycles. The number of hydrogen-bond donors (Lipinski definition) is 0. The van der Waals surface area contributed by atoms with Gasteiger partial charge in [-0.25, -0.2) is 0 Å². The molecule has 0 aromatic carbocycles. The van der Waals surface area contributed by atoms with Gasteiger partial charge in [0.05, 0.1) is 13.2 Å². The third-order valence-electron chi connectivity index (χ3n) is 4.10. The first-order valence-electron chi connectivity index (χ1n) is 6.96. The van der Waals surface area contributed by atoms with Gasteiger partial charge in [-0.05, 0) is 18.6 Å². The van der Waals surface area contributed by atoms with Gasteiger partial charge in [0.15, 0.2) is 11.4 Å². The second kappa shape index (κ2) is 4.39. The first kappa shape index (κ1) is 12.0. The lowest BCUT2D eigenvalue weighted by atomic mass is 10.0. The van der Waals surface area contributed by atoms with Crippen molar-refractivity contribution in [2.75, 3.05) is 31.2 Å². The monoisotopic (exact) mass is 275 g/mol. The van der Waals surface area contributed by atoms with Crippen LogP contribution < -0.4 is 4.90 Å². The Balaban J connectivity index is 1.58. The number of fused-ring (bicyclic) bond motifs is 1. The number of nitrogens with zero attached hydrogens (tertiary/aromatic N) is 5. The van der Waals surface area contributed by atoms with Gasteiger partial charge in [-0.3, -0.25) is 0 Å². The van der Waals surface area contributed by atoms with Crippen molar-refractivity contribution >= 4 is 11.5 Å². The van der Waals surface area contributed by atoms with E-state index in [1.54, 1.807) is 10.8 Å². The lowest BCUT2D eigenvalue weighted by molar-refractivity contribution is -0.169. The van der Waals surface area contributed by atoms with Crippen molar-refractivity contribution in [3.8, 4) is 0 Å². The van der Waals surface area contributed by atoms with E-state index in [-0.39, 0.29) is 5.79 Å². The number of hydrogen-bond acceptors (Lipinski definition) is 6. The predicted molar refractivity (Wildman–Crippen MR) is 71.6 cm³/mol. The average molecular weight is 275 g/mol. The van der Waals surface area contributed by atoms with Crippen LogP contribution in [-0.4, -0.2) is 51.9 Å². The molecule has 0 radical (unpaired) electrons. The zero-order valence-electron chi connectivity index (χ0n) is 11.4. The third-order valence-corrected chi connectivity index (χ3v) is 4.10. The highest BCUT2D eigenvalue weighted by molar-refractivity contribution is 5.52. The highest BCUT2D eigenvalue weighted by atomic mass is 16.7. The van der Waals surface area contributed by atoms with E-state index in [0.29, 0.717) is 13.2 Å². The number of rotatable bonds is 1. The smallest absolute Gasteiger partial charge is 0.180 e. The molecule has 4 heterocycles. The van der Waals surface area contributed by atoms with Crippen LogP contribution in [0.2, 0.25) is 0 Å². The maximum absolute atomic E-state index is 5.75. The molecule has 7 heteroatoms. The summed E-state index contributed by atoms with van der Waals surface area (Å²) in [5, 5.41) is 12.5. The van der Waals surface area contributed by atoms with E-state index in [1.807, 2.05) is 6.92 Å². The van der Waals surface area contributed by atoms with Crippen LogP contribution in [0.3, 0.4) is 0 Å². The molecule has 2 aliphatic heterocycles. The first-order chi connectivity index (χ1) is 9.76. The molecule has 2 aliphatic rings. The van der Waals surface area contributed by atoms with E-state index in [4.69, 9.17) is 9.47 Å². The van der Waals surface area contributed by atoms with E-state index < -0.39 is 0 Å². The maximum atomic E-state index is 5.75. The van der Waals surface area contributed by atoms with E-state index in [0.717, 1.165) is 43.0 Å². The molecule has 1 spiro atoms. The molecule has 0 amide bonds. The van der Waals surface area contributed by atoms with Crippen LogP contribution in [0.1, 0.15) is 18.4 Å². The largest absolute Gasteiger partial charge is 0.355 e. The van der Waals surface area contributed by atoms with Gasteiger partial charge in [0.25, 0.3) is 0 Å². The van der Waals surface area contributed by atoms with Gasteiger partial charge in [-0.15, -0.1) is 15.3 Å². The van der Waals surface area contributed by atoms with Crippen LogP contribution in [0.5, 0.6) is 0 Å². The Morgan fingerprint density at radius 1 is 1.20 bits per heavy atom. The van der Waals surface area contributed by atoms with Crippen molar-refractivity contribution in [3.05, 3.63) is 18.0 Å². The second-order valence-electron chi connectivity index (χ2n) is 5.38. The van der Waals surface area contributed by atoms with Gasteiger partial charge in [-0.1, -0.05) is 0 Å². The number of piperidine rings is 1. The first-order valence-corrected chi connectivity index (χ1v) is 6.96. The average Bonchev–Trinajstić information content (AvgIpc) is 3.09. The van der Waals surface area contributed by atoms with Crippen molar-refractivity contribution in [1.82, 2.24) is 19.8 Å². The zero-order valence-corrected chi connectivity index (χ0v) is 11.4. The summed E-state index contributed by atoms with van der Waals surface area (Å²) >= 11 is 0. The Kier molecular flexibility index (Phi) is 2.64. The fraction of sp³-hybridized carbons (Fsp3) is 0.615. The van der Waals surface area contributed by atoms with E-state index in [9.17, 15) is 0 Å². The van der Waals surface area contributed by atoms with Crippen LogP contribution in [0, 0.1) is 6.92 Å². The fourth-order valence-corrected chi connectivity index (χ4v) is 2.98. The summed E-state index contributed by atoms with van der Waals surface area (Å²) in [5.74, 6) is 0.620. The molecule has 0 saturated carbocycles. The minimum absolute atomic E-state index is 0.341. The number of anilines is 1. The standard InChI is InChI=1S/C13H17N5O2/c1-10-8-11(16-18-9-14-15-12(10)18)17-4-2-13(3-5-17)19-6-7-20-13/h8-9H,2-7H2,1H3. The van der Waals surface area contributed by atoms with Crippen LogP contribution in [0.15, 0.2) is 12.4 Å². The minimum Gasteiger partial charge on any atom is -0.355 e. The maximum Gasteiger partial charge on any atom is 0.180 e. The van der Waals surface area contributed by atoms with Crippen molar-refractivity contribution in [3.63, 3.8) is 0 Å². The van der Waals surface area contributed by atoms with Gasteiger partial charge in [-0.2, -0.15) is 4.52 Å². The lowest BCUT2D eigenvalue weighted by Gasteiger charge is -2.38. The third kappa shape index (κ3) is 1.85. The molecule has 2 fully saturated rings. The van der Waals surface area contributed by atoms with Crippen molar-refractivity contribution in [2.24, 2.45) is 0 Å². The zero-order chi connectivity index (χ0) is 13.6. The number of aryl methyl sites for hydroxylation is 1. The molecule has 20 heavy (non-hydrogen) atoms. The van der Waals surface area contributed by atoms with Crippen molar-refractivity contribution < 1.29 is 9.47 Å². The van der Waals surface area contributed by atoms with Gasteiger partial charge < -0.3 is 14.4 Å². The summed E-state index contributed by atoms with van der Waals surface area (Å²) in [7, 11) is 0. The quantitative estimate of drug-likeness (QED) is 0.766. The van der Waals surface area contributed by atoms with Crippen LogP contribution in [0.4, 0.5) is 5.82 Å². The molecule has 106 valence electrons.